The summed E-state index contributed by atoms with van der Waals surface area (Å²) < 4.78 is 0. The highest BCUT2D eigenvalue weighted by Crippen LogP contribution is 2.35. The first-order valence-electron chi connectivity index (χ1n) is 7.98. The summed E-state index contributed by atoms with van der Waals surface area (Å²) in [4.78, 5) is 9.01. The van der Waals surface area contributed by atoms with Gasteiger partial charge in [-0.1, -0.05) is 19.8 Å². The molecule has 0 aliphatic heterocycles. The van der Waals surface area contributed by atoms with Crippen LogP contribution in [-0.2, 0) is 0 Å². The summed E-state index contributed by atoms with van der Waals surface area (Å²) in [5.41, 5.74) is 0.778. The Morgan fingerprint density at radius 3 is 2.62 bits per heavy atom. The van der Waals surface area contributed by atoms with Crippen molar-refractivity contribution in [3.63, 3.8) is 0 Å². The summed E-state index contributed by atoms with van der Waals surface area (Å²) in [6, 6.07) is 0. The molecule has 21 heavy (non-hydrogen) atoms. The molecule has 0 aromatic carbocycles. The van der Waals surface area contributed by atoms with Crippen molar-refractivity contribution in [1.29, 1.82) is 0 Å². The minimum atomic E-state index is -0.243. The summed E-state index contributed by atoms with van der Waals surface area (Å²) in [7, 11) is 0. The lowest BCUT2D eigenvalue weighted by atomic mass is 9.77. The number of aliphatic hydroxyl groups excluding tert-OH is 1. The number of rotatable bonds is 5. The molecule has 0 radical (unpaired) electrons. The third-order valence-corrected chi connectivity index (χ3v) is 4.38. The van der Waals surface area contributed by atoms with E-state index in [-0.39, 0.29) is 12.1 Å². The summed E-state index contributed by atoms with van der Waals surface area (Å²) in [6.07, 6.45) is 4.38. The maximum atomic E-state index is 9.93. The van der Waals surface area contributed by atoms with Crippen LogP contribution in [0.4, 0.5) is 11.6 Å². The Hall–Kier alpha value is -1.36. The van der Waals surface area contributed by atoms with Gasteiger partial charge in [-0.2, -0.15) is 0 Å². The fourth-order valence-corrected chi connectivity index (χ4v) is 3.30. The Morgan fingerprint density at radius 2 is 2.00 bits per heavy atom. The quantitative estimate of drug-likeness (QED) is 0.778. The van der Waals surface area contributed by atoms with E-state index in [1.165, 1.54) is 6.42 Å². The number of aryl methyl sites for hydroxylation is 1. The molecule has 0 amide bonds. The van der Waals surface area contributed by atoms with E-state index in [9.17, 15) is 5.11 Å². The summed E-state index contributed by atoms with van der Waals surface area (Å²) in [6.45, 7) is 9.22. The van der Waals surface area contributed by atoms with Crippen molar-refractivity contribution in [2.45, 2.75) is 58.9 Å². The second kappa shape index (κ2) is 6.60. The number of hydrogen-bond donors (Lipinski definition) is 3. The number of nitrogens with zero attached hydrogens (tertiary/aromatic N) is 2. The van der Waals surface area contributed by atoms with Gasteiger partial charge in [0, 0.05) is 12.1 Å². The lowest BCUT2D eigenvalue weighted by Gasteiger charge is -2.40. The minimum Gasteiger partial charge on any atom is -0.394 e. The number of hydrogen-bond acceptors (Lipinski definition) is 5. The summed E-state index contributed by atoms with van der Waals surface area (Å²) in [5.74, 6) is 3.11. The summed E-state index contributed by atoms with van der Waals surface area (Å²) in [5, 5.41) is 16.8. The normalized spacial score (nSPS) is 25.7. The first kappa shape index (κ1) is 16.0. The van der Waals surface area contributed by atoms with Crippen LogP contribution >= 0.6 is 0 Å². The Labute approximate surface area is 127 Å². The van der Waals surface area contributed by atoms with Crippen molar-refractivity contribution in [3.8, 4) is 0 Å². The third kappa shape index (κ3) is 3.64. The van der Waals surface area contributed by atoms with Crippen molar-refractivity contribution in [2.24, 2.45) is 5.92 Å². The van der Waals surface area contributed by atoms with Gasteiger partial charge in [0.05, 0.1) is 12.1 Å². The smallest absolute Gasteiger partial charge is 0.135 e. The van der Waals surface area contributed by atoms with E-state index < -0.39 is 0 Å². The van der Waals surface area contributed by atoms with Crippen LogP contribution < -0.4 is 10.6 Å². The third-order valence-electron chi connectivity index (χ3n) is 4.38. The van der Waals surface area contributed by atoms with Gasteiger partial charge in [-0.25, -0.2) is 9.97 Å². The molecule has 1 heterocycles. The van der Waals surface area contributed by atoms with E-state index in [1.54, 1.807) is 0 Å². The Kier molecular flexibility index (Phi) is 5.04. The molecule has 2 atom stereocenters. The lowest BCUT2D eigenvalue weighted by Crippen LogP contribution is -2.46. The topological polar surface area (TPSA) is 70.1 Å². The molecular formula is C16H28N4O. The van der Waals surface area contributed by atoms with Gasteiger partial charge in [0.25, 0.3) is 0 Å². The fraction of sp³-hybridized carbons (Fsp3) is 0.750. The van der Waals surface area contributed by atoms with Gasteiger partial charge >= 0.3 is 0 Å². The van der Waals surface area contributed by atoms with E-state index in [2.05, 4.69) is 34.4 Å². The van der Waals surface area contributed by atoms with Crippen LogP contribution in [0.2, 0.25) is 0 Å². The van der Waals surface area contributed by atoms with Gasteiger partial charge in [-0.15, -0.1) is 0 Å². The molecular weight excluding hydrogens is 264 g/mol. The molecule has 1 aromatic rings. The molecule has 5 heteroatoms. The Balaban J connectivity index is 2.28. The van der Waals surface area contributed by atoms with E-state index >= 15 is 0 Å². The van der Waals surface area contributed by atoms with E-state index in [4.69, 9.17) is 0 Å². The SMILES string of the molecule is CCNc1nc(C)nc(NC2(CO)CCCC(C)C2)c1C. The molecule has 0 spiro atoms. The predicted molar refractivity (Wildman–Crippen MR) is 86.7 cm³/mol. The maximum absolute atomic E-state index is 9.93. The molecule has 1 saturated carbocycles. The lowest BCUT2D eigenvalue weighted by molar-refractivity contribution is 0.149. The highest BCUT2D eigenvalue weighted by Gasteiger charge is 2.35. The largest absolute Gasteiger partial charge is 0.394 e. The summed E-state index contributed by atoms with van der Waals surface area (Å²) >= 11 is 0. The first-order chi connectivity index (χ1) is 9.99. The number of aliphatic hydroxyl groups is 1. The van der Waals surface area contributed by atoms with Gasteiger partial charge in [0.2, 0.25) is 0 Å². The van der Waals surface area contributed by atoms with Gasteiger partial charge in [0.15, 0.2) is 0 Å². The Bertz CT molecular complexity index is 491. The molecule has 2 rings (SSSR count). The van der Waals surface area contributed by atoms with Crippen LogP contribution in [-0.4, -0.2) is 33.8 Å². The highest BCUT2D eigenvalue weighted by molar-refractivity contribution is 5.58. The van der Waals surface area contributed by atoms with Gasteiger partial charge in [0.1, 0.15) is 17.5 Å². The molecule has 1 aromatic heterocycles. The van der Waals surface area contributed by atoms with Crippen molar-refractivity contribution < 1.29 is 5.11 Å². The zero-order chi connectivity index (χ0) is 15.5. The van der Waals surface area contributed by atoms with Crippen LogP contribution in [0.15, 0.2) is 0 Å². The zero-order valence-electron chi connectivity index (χ0n) is 13.7. The van der Waals surface area contributed by atoms with Crippen molar-refractivity contribution >= 4 is 11.6 Å². The molecule has 118 valence electrons. The molecule has 0 saturated heterocycles. The first-order valence-corrected chi connectivity index (χ1v) is 7.98. The van der Waals surface area contributed by atoms with Crippen LogP contribution in [0, 0.1) is 19.8 Å². The molecule has 1 fully saturated rings. The van der Waals surface area contributed by atoms with Crippen LogP contribution in [0.25, 0.3) is 0 Å². The van der Waals surface area contributed by atoms with Gasteiger partial charge < -0.3 is 15.7 Å². The molecule has 1 aliphatic rings. The number of anilines is 2. The number of nitrogens with one attached hydrogen (secondary N) is 2. The molecule has 3 N–H and O–H groups in total. The highest BCUT2D eigenvalue weighted by atomic mass is 16.3. The fourth-order valence-electron chi connectivity index (χ4n) is 3.30. The molecule has 5 nitrogen and oxygen atoms in total. The zero-order valence-corrected chi connectivity index (χ0v) is 13.7. The van der Waals surface area contributed by atoms with Crippen LogP contribution in [0.5, 0.6) is 0 Å². The average Bonchev–Trinajstić information content (AvgIpc) is 2.44. The molecule has 0 bridgehead atoms. The standard InChI is InChI=1S/C16H28N4O/c1-5-17-14-12(3)15(19-13(4)18-14)20-16(10-21)8-6-7-11(2)9-16/h11,21H,5-10H2,1-4H3,(H2,17,18,19,20). The molecule has 2 unspecified atom stereocenters. The van der Waals surface area contributed by atoms with Crippen LogP contribution in [0.1, 0.15) is 50.9 Å². The van der Waals surface area contributed by atoms with Gasteiger partial charge in [-0.05, 0) is 39.5 Å². The minimum absolute atomic E-state index is 0.149. The maximum Gasteiger partial charge on any atom is 0.135 e. The van der Waals surface area contributed by atoms with E-state index in [1.807, 2.05) is 13.8 Å². The second-order valence-corrected chi connectivity index (χ2v) is 6.39. The number of aromatic nitrogens is 2. The van der Waals surface area contributed by atoms with Crippen molar-refractivity contribution in [3.05, 3.63) is 11.4 Å². The van der Waals surface area contributed by atoms with Crippen molar-refractivity contribution in [1.82, 2.24) is 9.97 Å². The monoisotopic (exact) mass is 292 g/mol. The second-order valence-electron chi connectivity index (χ2n) is 6.39. The Morgan fingerprint density at radius 1 is 1.29 bits per heavy atom. The average molecular weight is 292 g/mol. The van der Waals surface area contributed by atoms with E-state index in [0.29, 0.717) is 5.92 Å². The molecule has 1 aliphatic carbocycles. The van der Waals surface area contributed by atoms with Crippen LogP contribution in [0.3, 0.4) is 0 Å². The predicted octanol–water partition coefficient (Wildman–Crippen LogP) is 2.88. The van der Waals surface area contributed by atoms with Gasteiger partial charge in [-0.3, -0.25) is 0 Å². The van der Waals surface area contributed by atoms with E-state index in [0.717, 1.165) is 48.8 Å². The van der Waals surface area contributed by atoms with Crippen molar-refractivity contribution in [2.75, 3.05) is 23.8 Å².